The molecule has 2 aliphatic heterocycles. The first-order valence-electron chi connectivity index (χ1n) is 7.84. The summed E-state index contributed by atoms with van der Waals surface area (Å²) in [6.45, 7) is 4.55. The molecule has 3 rings (SSSR count). The van der Waals surface area contributed by atoms with E-state index in [2.05, 4.69) is 14.9 Å². The largest absolute Gasteiger partial charge is 0.381 e. The van der Waals surface area contributed by atoms with Gasteiger partial charge in [0, 0.05) is 58.3 Å². The minimum atomic E-state index is -0.427. The smallest absolute Gasteiger partial charge is 0.230 e. The third-order valence-corrected chi connectivity index (χ3v) is 4.70. The number of rotatable bonds is 3. The van der Waals surface area contributed by atoms with E-state index in [1.807, 2.05) is 4.90 Å². The summed E-state index contributed by atoms with van der Waals surface area (Å²) in [5, 5.41) is 0. The van der Waals surface area contributed by atoms with Gasteiger partial charge in [0.1, 0.15) is 0 Å². The van der Waals surface area contributed by atoms with Crippen LogP contribution in [0.2, 0.25) is 0 Å². The van der Waals surface area contributed by atoms with Gasteiger partial charge in [-0.3, -0.25) is 4.79 Å². The number of amides is 1. The minimum Gasteiger partial charge on any atom is -0.381 e. The molecule has 2 saturated heterocycles. The van der Waals surface area contributed by atoms with E-state index >= 15 is 0 Å². The summed E-state index contributed by atoms with van der Waals surface area (Å²) in [5.41, 5.74) is 5.50. The molecular formula is C15H25Cl2N5O2. The SMILES string of the molecule is Cl.Cl.NCC1(C(=O)N2CCN(c3ncccn3)CC2)CCOCC1. The Hall–Kier alpha value is -1.15. The quantitative estimate of drug-likeness (QED) is 0.835. The fourth-order valence-corrected chi connectivity index (χ4v) is 3.17. The molecule has 0 atom stereocenters. The summed E-state index contributed by atoms with van der Waals surface area (Å²) in [6, 6.07) is 1.80. The molecule has 0 aromatic carbocycles. The van der Waals surface area contributed by atoms with Gasteiger partial charge in [-0.1, -0.05) is 0 Å². The Labute approximate surface area is 154 Å². The van der Waals surface area contributed by atoms with Gasteiger partial charge < -0.3 is 20.3 Å². The van der Waals surface area contributed by atoms with Gasteiger partial charge in [-0.2, -0.15) is 0 Å². The molecule has 1 aromatic heterocycles. The third kappa shape index (κ3) is 4.27. The van der Waals surface area contributed by atoms with Gasteiger partial charge in [0.05, 0.1) is 5.41 Å². The van der Waals surface area contributed by atoms with Crippen molar-refractivity contribution in [2.24, 2.45) is 11.1 Å². The van der Waals surface area contributed by atoms with E-state index in [-0.39, 0.29) is 30.7 Å². The number of nitrogens with zero attached hydrogens (tertiary/aromatic N) is 4. The second-order valence-electron chi connectivity index (χ2n) is 5.92. The highest BCUT2D eigenvalue weighted by Gasteiger charge is 2.42. The Kier molecular flexibility index (Phi) is 8.15. The van der Waals surface area contributed by atoms with E-state index in [1.54, 1.807) is 18.5 Å². The van der Waals surface area contributed by atoms with Gasteiger partial charge in [0.25, 0.3) is 0 Å². The maximum absolute atomic E-state index is 12.9. The van der Waals surface area contributed by atoms with Crippen molar-refractivity contribution in [2.75, 3.05) is 50.8 Å². The van der Waals surface area contributed by atoms with Crippen molar-refractivity contribution in [3.05, 3.63) is 18.5 Å². The number of anilines is 1. The molecule has 9 heteroatoms. The van der Waals surface area contributed by atoms with Crippen molar-refractivity contribution in [3.63, 3.8) is 0 Å². The summed E-state index contributed by atoms with van der Waals surface area (Å²) in [6.07, 6.45) is 4.94. The molecule has 24 heavy (non-hydrogen) atoms. The standard InChI is InChI=1S/C15H23N5O2.2ClH/c16-12-15(2-10-22-11-3-15)13(21)19-6-8-20(9-7-19)14-17-4-1-5-18-14;;/h1,4-5H,2-3,6-12,16H2;2*1H. The van der Waals surface area contributed by atoms with Crippen molar-refractivity contribution >= 4 is 36.7 Å². The third-order valence-electron chi connectivity index (χ3n) is 4.70. The molecule has 136 valence electrons. The van der Waals surface area contributed by atoms with E-state index in [0.717, 1.165) is 31.9 Å². The first-order valence-corrected chi connectivity index (χ1v) is 7.84. The highest BCUT2D eigenvalue weighted by Crippen LogP contribution is 2.32. The minimum absolute atomic E-state index is 0. The molecule has 3 heterocycles. The van der Waals surface area contributed by atoms with Crippen LogP contribution in [0, 0.1) is 5.41 Å². The number of halogens is 2. The van der Waals surface area contributed by atoms with Crippen LogP contribution in [0.1, 0.15) is 12.8 Å². The van der Waals surface area contributed by atoms with Crippen LogP contribution in [0.3, 0.4) is 0 Å². The van der Waals surface area contributed by atoms with Crippen molar-refractivity contribution in [2.45, 2.75) is 12.8 Å². The summed E-state index contributed by atoms with van der Waals surface area (Å²) in [7, 11) is 0. The van der Waals surface area contributed by atoms with Gasteiger partial charge in [-0.25, -0.2) is 9.97 Å². The van der Waals surface area contributed by atoms with E-state index in [4.69, 9.17) is 10.5 Å². The lowest BCUT2D eigenvalue weighted by molar-refractivity contribution is -0.147. The first kappa shape index (κ1) is 20.9. The van der Waals surface area contributed by atoms with Gasteiger partial charge in [-0.05, 0) is 18.9 Å². The zero-order valence-electron chi connectivity index (χ0n) is 13.6. The predicted octanol–water partition coefficient (Wildman–Crippen LogP) is 0.724. The molecule has 2 N–H and O–H groups in total. The highest BCUT2D eigenvalue weighted by molar-refractivity contribution is 5.85. The maximum Gasteiger partial charge on any atom is 0.230 e. The molecule has 1 amide bonds. The number of ether oxygens (including phenoxy) is 1. The van der Waals surface area contributed by atoms with Gasteiger partial charge in [0.15, 0.2) is 0 Å². The van der Waals surface area contributed by atoms with Crippen LogP contribution >= 0.6 is 24.8 Å². The van der Waals surface area contributed by atoms with Crippen molar-refractivity contribution in [1.29, 1.82) is 0 Å². The van der Waals surface area contributed by atoms with Gasteiger partial charge >= 0.3 is 0 Å². The van der Waals surface area contributed by atoms with E-state index in [0.29, 0.717) is 32.8 Å². The average Bonchev–Trinajstić information content (AvgIpc) is 2.62. The fraction of sp³-hybridized carbons (Fsp3) is 0.667. The normalized spacial score (nSPS) is 19.9. The number of aromatic nitrogens is 2. The van der Waals surface area contributed by atoms with Crippen LogP contribution in [0.15, 0.2) is 18.5 Å². The van der Waals surface area contributed by atoms with E-state index in [9.17, 15) is 4.79 Å². The number of nitrogens with two attached hydrogens (primary N) is 1. The second kappa shape index (κ2) is 9.36. The van der Waals surface area contributed by atoms with Crippen LogP contribution in [0.4, 0.5) is 5.95 Å². The van der Waals surface area contributed by atoms with Gasteiger partial charge in [0.2, 0.25) is 11.9 Å². The Bertz CT molecular complexity index is 506. The molecule has 1 aromatic rings. The van der Waals surface area contributed by atoms with Crippen LogP contribution in [-0.2, 0) is 9.53 Å². The lowest BCUT2D eigenvalue weighted by Crippen LogP contribution is -2.56. The number of carbonyl (C=O) groups excluding carboxylic acids is 1. The monoisotopic (exact) mass is 377 g/mol. The Morgan fingerprint density at radius 3 is 2.25 bits per heavy atom. The summed E-state index contributed by atoms with van der Waals surface area (Å²) in [5.74, 6) is 0.918. The highest BCUT2D eigenvalue weighted by atomic mass is 35.5. The molecule has 7 nitrogen and oxygen atoms in total. The van der Waals surface area contributed by atoms with Crippen LogP contribution < -0.4 is 10.6 Å². The summed E-state index contributed by atoms with van der Waals surface area (Å²) >= 11 is 0. The molecule has 2 aliphatic rings. The summed E-state index contributed by atoms with van der Waals surface area (Å²) in [4.78, 5) is 25.5. The summed E-state index contributed by atoms with van der Waals surface area (Å²) < 4.78 is 5.39. The lowest BCUT2D eigenvalue weighted by Gasteiger charge is -2.42. The van der Waals surface area contributed by atoms with E-state index in [1.165, 1.54) is 0 Å². The lowest BCUT2D eigenvalue weighted by atomic mass is 9.78. The second-order valence-corrected chi connectivity index (χ2v) is 5.92. The van der Waals surface area contributed by atoms with Crippen molar-refractivity contribution in [3.8, 4) is 0 Å². The topological polar surface area (TPSA) is 84.6 Å². The molecule has 0 saturated carbocycles. The fourth-order valence-electron chi connectivity index (χ4n) is 3.17. The number of carbonyl (C=O) groups is 1. The van der Waals surface area contributed by atoms with Crippen molar-refractivity contribution in [1.82, 2.24) is 14.9 Å². The Morgan fingerprint density at radius 1 is 1.12 bits per heavy atom. The molecule has 0 bridgehead atoms. The molecular weight excluding hydrogens is 353 g/mol. The zero-order valence-corrected chi connectivity index (χ0v) is 15.2. The predicted molar refractivity (Wildman–Crippen MR) is 96.9 cm³/mol. The average molecular weight is 378 g/mol. The maximum atomic E-state index is 12.9. The Morgan fingerprint density at radius 2 is 1.71 bits per heavy atom. The number of piperazine rings is 1. The van der Waals surface area contributed by atoms with Crippen LogP contribution in [0.25, 0.3) is 0 Å². The number of hydrogen-bond acceptors (Lipinski definition) is 6. The van der Waals surface area contributed by atoms with Crippen molar-refractivity contribution < 1.29 is 9.53 Å². The molecule has 0 unspecified atom stereocenters. The number of hydrogen-bond donors (Lipinski definition) is 1. The molecule has 2 fully saturated rings. The first-order chi connectivity index (χ1) is 10.7. The molecule has 0 radical (unpaired) electrons. The molecule has 0 spiro atoms. The van der Waals surface area contributed by atoms with Crippen LogP contribution in [0.5, 0.6) is 0 Å². The van der Waals surface area contributed by atoms with Crippen LogP contribution in [-0.4, -0.2) is 66.7 Å². The Balaban J connectivity index is 0.00000144. The zero-order chi connectivity index (χ0) is 15.4. The van der Waals surface area contributed by atoms with Gasteiger partial charge in [-0.15, -0.1) is 24.8 Å². The van der Waals surface area contributed by atoms with E-state index < -0.39 is 5.41 Å². The molecule has 0 aliphatic carbocycles.